The van der Waals surface area contributed by atoms with Gasteiger partial charge in [0.15, 0.2) is 0 Å². The van der Waals surface area contributed by atoms with E-state index in [0.29, 0.717) is 12.0 Å². The Morgan fingerprint density at radius 1 is 1.28 bits per heavy atom. The van der Waals surface area contributed by atoms with E-state index in [1.807, 2.05) is 20.8 Å². The first-order valence-corrected chi connectivity index (χ1v) is 9.34. The summed E-state index contributed by atoms with van der Waals surface area (Å²) in [6, 6.07) is 4.12. The van der Waals surface area contributed by atoms with E-state index < -0.39 is 5.54 Å². The Morgan fingerprint density at radius 3 is 2.60 bits per heavy atom. The largest absolute Gasteiger partial charge is 0.509 e. The predicted octanol–water partition coefficient (Wildman–Crippen LogP) is 4.12. The number of benzene rings is 1. The number of aryl methyl sites for hydroxylation is 3. The molecule has 1 saturated carbocycles. The van der Waals surface area contributed by atoms with Crippen molar-refractivity contribution in [2.24, 2.45) is 0 Å². The number of unbranched alkanes of at least 4 members (excludes halogenated alkanes) is 1. The Labute approximate surface area is 150 Å². The molecule has 1 amide bonds. The molecule has 0 saturated heterocycles. The predicted molar refractivity (Wildman–Crippen MR) is 99.6 cm³/mol. The van der Waals surface area contributed by atoms with Crippen LogP contribution in [0.3, 0.4) is 0 Å². The van der Waals surface area contributed by atoms with Crippen molar-refractivity contribution in [1.82, 2.24) is 5.32 Å². The first-order chi connectivity index (χ1) is 11.9. The number of nitrogens with one attached hydrogen (secondary N) is 1. The number of carbonyl (C=O) groups excluding carboxylic acids is 1. The molecule has 136 valence electrons. The number of amides is 1. The molecule has 1 spiro atoms. The Kier molecular flexibility index (Phi) is 4.92. The van der Waals surface area contributed by atoms with Crippen molar-refractivity contribution in [3.8, 4) is 0 Å². The van der Waals surface area contributed by atoms with Crippen molar-refractivity contribution in [2.75, 3.05) is 6.61 Å². The highest BCUT2D eigenvalue weighted by Crippen LogP contribution is 2.44. The van der Waals surface area contributed by atoms with Gasteiger partial charge < -0.3 is 15.2 Å². The monoisotopic (exact) mass is 343 g/mol. The van der Waals surface area contributed by atoms with Crippen LogP contribution in [-0.2, 0) is 9.53 Å². The molecule has 4 heteroatoms. The van der Waals surface area contributed by atoms with Crippen LogP contribution in [0.1, 0.15) is 61.3 Å². The molecule has 1 aliphatic heterocycles. The van der Waals surface area contributed by atoms with Crippen LogP contribution in [0.5, 0.6) is 0 Å². The molecule has 2 N–H and O–H groups in total. The summed E-state index contributed by atoms with van der Waals surface area (Å²) in [6.45, 7) is 8.93. The highest BCUT2D eigenvalue weighted by molar-refractivity contribution is 6.24. The molecular weight excluding hydrogens is 314 g/mol. The zero-order valence-corrected chi connectivity index (χ0v) is 15.7. The van der Waals surface area contributed by atoms with Crippen LogP contribution in [0.15, 0.2) is 17.9 Å². The molecule has 1 aromatic rings. The Morgan fingerprint density at radius 2 is 1.96 bits per heavy atom. The van der Waals surface area contributed by atoms with Gasteiger partial charge in [-0.1, -0.05) is 31.0 Å². The number of hydrogen-bond acceptors (Lipinski definition) is 3. The molecule has 2 atom stereocenters. The molecule has 1 aliphatic carbocycles. The standard InChI is InChI=1S/C21H29NO3/c1-5-6-9-25-16-7-8-21(12-16)19(23)18(20(24)22-21)17-14(3)10-13(2)11-15(17)4/h10-11,16,23H,5-9,12H2,1-4H3,(H,22,24). The maximum Gasteiger partial charge on any atom is 0.256 e. The molecule has 1 aromatic carbocycles. The summed E-state index contributed by atoms with van der Waals surface area (Å²) in [6.07, 6.45) is 4.51. The molecular formula is C21H29NO3. The molecule has 1 heterocycles. The van der Waals surface area contributed by atoms with Gasteiger partial charge in [-0.15, -0.1) is 0 Å². The lowest BCUT2D eigenvalue weighted by atomic mass is 9.89. The van der Waals surface area contributed by atoms with Crippen LogP contribution in [-0.4, -0.2) is 29.3 Å². The average Bonchev–Trinajstić information content (AvgIpc) is 3.03. The van der Waals surface area contributed by atoms with E-state index in [0.717, 1.165) is 54.5 Å². The van der Waals surface area contributed by atoms with Crippen molar-refractivity contribution in [1.29, 1.82) is 0 Å². The van der Waals surface area contributed by atoms with Crippen LogP contribution in [0.4, 0.5) is 0 Å². The zero-order chi connectivity index (χ0) is 18.2. The third-order valence-electron chi connectivity index (χ3n) is 5.52. The van der Waals surface area contributed by atoms with E-state index in [4.69, 9.17) is 4.74 Å². The molecule has 1 fully saturated rings. The fraction of sp³-hybridized carbons (Fsp3) is 0.571. The summed E-state index contributed by atoms with van der Waals surface area (Å²) in [5.74, 6) is 0.0379. The summed E-state index contributed by atoms with van der Waals surface area (Å²) in [4.78, 5) is 12.7. The lowest BCUT2D eigenvalue weighted by molar-refractivity contribution is -0.116. The van der Waals surface area contributed by atoms with Crippen molar-refractivity contribution in [2.45, 2.75) is 71.4 Å². The molecule has 3 rings (SSSR count). The van der Waals surface area contributed by atoms with Crippen LogP contribution in [0.25, 0.3) is 5.57 Å². The fourth-order valence-corrected chi connectivity index (χ4v) is 4.36. The minimum absolute atomic E-state index is 0.105. The topological polar surface area (TPSA) is 58.6 Å². The second kappa shape index (κ2) is 6.83. The first kappa shape index (κ1) is 18.0. The smallest absolute Gasteiger partial charge is 0.256 e. The van der Waals surface area contributed by atoms with Crippen LogP contribution >= 0.6 is 0 Å². The number of aliphatic hydroxyl groups is 1. The SMILES string of the molecule is CCCCOC1CCC2(C1)NC(=O)C(c1c(C)cc(C)cc1C)=C2O. The van der Waals surface area contributed by atoms with Crippen molar-refractivity contribution < 1.29 is 14.6 Å². The van der Waals surface area contributed by atoms with E-state index in [-0.39, 0.29) is 17.8 Å². The Hall–Kier alpha value is -1.81. The van der Waals surface area contributed by atoms with Gasteiger partial charge in [-0.05, 0) is 56.7 Å². The average molecular weight is 343 g/mol. The van der Waals surface area contributed by atoms with Gasteiger partial charge in [-0.3, -0.25) is 4.79 Å². The molecule has 0 bridgehead atoms. The lowest BCUT2D eigenvalue weighted by Gasteiger charge is -2.24. The summed E-state index contributed by atoms with van der Waals surface area (Å²) in [5.41, 5.74) is 3.89. The molecule has 0 aromatic heterocycles. The number of hydrogen-bond donors (Lipinski definition) is 2. The molecule has 2 aliphatic rings. The number of rotatable bonds is 5. The summed E-state index contributed by atoms with van der Waals surface area (Å²) < 4.78 is 5.93. The van der Waals surface area contributed by atoms with Gasteiger partial charge in [0, 0.05) is 13.0 Å². The summed E-state index contributed by atoms with van der Waals surface area (Å²) in [7, 11) is 0. The van der Waals surface area contributed by atoms with Gasteiger partial charge in [0.05, 0.1) is 11.7 Å². The Balaban J connectivity index is 1.90. The van der Waals surface area contributed by atoms with E-state index in [9.17, 15) is 9.90 Å². The van der Waals surface area contributed by atoms with Crippen LogP contribution in [0, 0.1) is 20.8 Å². The highest BCUT2D eigenvalue weighted by Gasteiger charge is 2.51. The van der Waals surface area contributed by atoms with Gasteiger partial charge in [-0.25, -0.2) is 0 Å². The normalized spacial score (nSPS) is 25.9. The van der Waals surface area contributed by atoms with Crippen molar-refractivity contribution in [3.63, 3.8) is 0 Å². The highest BCUT2D eigenvalue weighted by atomic mass is 16.5. The quantitative estimate of drug-likeness (QED) is 0.791. The van der Waals surface area contributed by atoms with Gasteiger partial charge in [0.1, 0.15) is 11.3 Å². The first-order valence-electron chi connectivity index (χ1n) is 9.34. The van der Waals surface area contributed by atoms with Gasteiger partial charge in [0.25, 0.3) is 5.91 Å². The number of ether oxygens (including phenoxy) is 1. The van der Waals surface area contributed by atoms with Crippen molar-refractivity contribution in [3.05, 3.63) is 40.1 Å². The van der Waals surface area contributed by atoms with Gasteiger partial charge >= 0.3 is 0 Å². The summed E-state index contributed by atoms with van der Waals surface area (Å²) >= 11 is 0. The molecule has 25 heavy (non-hydrogen) atoms. The van der Waals surface area contributed by atoms with Crippen molar-refractivity contribution >= 4 is 11.5 Å². The third-order valence-corrected chi connectivity index (χ3v) is 5.52. The zero-order valence-electron chi connectivity index (χ0n) is 15.7. The van der Waals surface area contributed by atoms with Crippen LogP contribution in [0.2, 0.25) is 0 Å². The second-order valence-electron chi connectivity index (χ2n) is 7.62. The third kappa shape index (κ3) is 3.20. The Bertz CT molecular complexity index is 699. The molecule has 2 unspecified atom stereocenters. The van der Waals surface area contributed by atoms with E-state index in [1.54, 1.807) is 0 Å². The molecule has 4 nitrogen and oxygen atoms in total. The van der Waals surface area contributed by atoms with Gasteiger partial charge in [0.2, 0.25) is 0 Å². The van der Waals surface area contributed by atoms with E-state index in [2.05, 4.69) is 24.4 Å². The van der Waals surface area contributed by atoms with E-state index >= 15 is 0 Å². The molecule has 0 radical (unpaired) electrons. The maximum atomic E-state index is 12.7. The minimum Gasteiger partial charge on any atom is -0.509 e. The minimum atomic E-state index is -0.646. The number of aliphatic hydroxyl groups excluding tert-OH is 1. The van der Waals surface area contributed by atoms with Gasteiger partial charge in [-0.2, -0.15) is 0 Å². The van der Waals surface area contributed by atoms with Crippen LogP contribution < -0.4 is 5.32 Å². The van der Waals surface area contributed by atoms with E-state index in [1.165, 1.54) is 0 Å². The maximum absolute atomic E-state index is 12.7. The fourth-order valence-electron chi connectivity index (χ4n) is 4.36. The lowest BCUT2D eigenvalue weighted by Crippen LogP contribution is -2.42. The second-order valence-corrected chi connectivity index (χ2v) is 7.62. The number of carbonyl (C=O) groups is 1. The summed E-state index contributed by atoms with van der Waals surface area (Å²) in [5, 5.41) is 14.1.